The number of carbonyl (C=O) groups excluding carboxylic acids is 1. The molecule has 1 aromatic heterocycles. The first-order valence-electron chi connectivity index (χ1n) is 8.07. The lowest BCUT2D eigenvalue weighted by atomic mass is 10.2. The van der Waals surface area contributed by atoms with E-state index in [0.29, 0.717) is 26.2 Å². The number of pyridine rings is 1. The third kappa shape index (κ3) is 4.26. The molecule has 0 unspecified atom stereocenters. The van der Waals surface area contributed by atoms with Crippen molar-refractivity contribution in [3.63, 3.8) is 0 Å². The highest BCUT2D eigenvalue weighted by molar-refractivity contribution is 9.10. The van der Waals surface area contributed by atoms with Crippen LogP contribution in [0.25, 0.3) is 0 Å². The summed E-state index contributed by atoms with van der Waals surface area (Å²) in [4.78, 5) is 18.0. The molecule has 1 saturated heterocycles. The molecule has 1 aliphatic rings. The maximum Gasteiger partial charge on any atom is 0.337 e. The van der Waals surface area contributed by atoms with E-state index in [2.05, 4.69) is 25.7 Å². The fourth-order valence-electron chi connectivity index (χ4n) is 2.80. The van der Waals surface area contributed by atoms with Crippen molar-refractivity contribution in [3.8, 4) is 0 Å². The number of carbonyl (C=O) groups is 1. The van der Waals surface area contributed by atoms with Gasteiger partial charge in [-0.2, -0.15) is 4.31 Å². The van der Waals surface area contributed by atoms with E-state index in [1.54, 1.807) is 6.20 Å². The molecule has 0 aliphatic carbocycles. The summed E-state index contributed by atoms with van der Waals surface area (Å²) >= 11 is 9.45. The number of methoxy groups -OCH3 is 1. The third-order valence-electron chi connectivity index (χ3n) is 4.24. The van der Waals surface area contributed by atoms with E-state index < -0.39 is 16.0 Å². The van der Waals surface area contributed by atoms with Crippen LogP contribution >= 0.6 is 27.5 Å². The number of sulfonamides is 1. The molecule has 0 bridgehead atoms. The van der Waals surface area contributed by atoms with Gasteiger partial charge in [0.15, 0.2) is 0 Å². The lowest BCUT2D eigenvalue weighted by Gasteiger charge is -2.34. The number of aromatic nitrogens is 1. The second kappa shape index (κ2) is 8.14. The summed E-state index contributed by atoms with van der Waals surface area (Å²) in [7, 11) is -2.59. The average molecular weight is 475 g/mol. The van der Waals surface area contributed by atoms with Crippen molar-refractivity contribution in [3.05, 3.63) is 51.6 Å². The number of hydrogen-bond donors (Lipinski definition) is 0. The van der Waals surface area contributed by atoms with Crippen molar-refractivity contribution in [2.24, 2.45) is 0 Å². The zero-order valence-electron chi connectivity index (χ0n) is 14.4. The van der Waals surface area contributed by atoms with Gasteiger partial charge in [0.25, 0.3) is 0 Å². The molecule has 1 fully saturated rings. The van der Waals surface area contributed by atoms with Crippen LogP contribution in [0.15, 0.2) is 45.9 Å². The van der Waals surface area contributed by atoms with Crippen LogP contribution in [0.3, 0.4) is 0 Å². The molecule has 0 amide bonds. The Hall–Kier alpha value is -1.68. The van der Waals surface area contributed by atoms with Crippen LogP contribution in [-0.4, -0.2) is 57.0 Å². The predicted octanol–water partition coefficient (Wildman–Crippen LogP) is 2.80. The standard InChI is InChI=1S/C17H17BrClN3O4S/c1-26-17(23)12-2-4-14(19)15(10-12)27(24,25)22-8-6-21(7-9-22)16-5-3-13(18)11-20-16/h2-5,10-11H,6-9H2,1H3. The first-order chi connectivity index (χ1) is 12.8. The summed E-state index contributed by atoms with van der Waals surface area (Å²) in [5, 5.41) is 0.0691. The highest BCUT2D eigenvalue weighted by Crippen LogP contribution is 2.27. The first-order valence-corrected chi connectivity index (χ1v) is 10.7. The van der Waals surface area contributed by atoms with Gasteiger partial charge in [0, 0.05) is 36.8 Å². The van der Waals surface area contributed by atoms with Crippen LogP contribution in [0.4, 0.5) is 5.82 Å². The lowest BCUT2D eigenvalue weighted by molar-refractivity contribution is 0.0600. The minimum Gasteiger partial charge on any atom is -0.465 e. The smallest absolute Gasteiger partial charge is 0.337 e. The normalized spacial score (nSPS) is 15.6. The van der Waals surface area contributed by atoms with Gasteiger partial charge in [0.1, 0.15) is 10.7 Å². The van der Waals surface area contributed by atoms with Crippen molar-refractivity contribution >= 4 is 49.3 Å². The minimum absolute atomic E-state index is 0.0691. The quantitative estimate of drug-likeness (QED) is 0.634. The zero-order valence-corrected chi connectivity index (χ0v) is 17.6. The van der Waals surface area contributed by atoms with E-state index in [4.69, 9.17) is 11.6 Å². The lowest BCUT2D eigenvalue weighted by Crippen LogP contribution is -2.49. The summed E-state index contributed by atoms with van der Waals surface area (Å²) in [5.41, 5.74) is 0.137. The molecule has 10 heteroatoms. The molecule has 0 radical (unpaired) electrons. The Morgan fingerprint density at radius 3 is 2.48 bits per heavy atom. The monoisotopic (exact) mass is 473 g/mol. The summed E-state index contributed by atoms with van der Waals surface area (Å²) in [6.45, 7) is 1.59. The molecule has 0 atom stereocenters. The summed E-state index contributed by atoms with van der Waals surface area (Å²) in [5.74, 6) is 0.176. The fraction of sp³-hybridized carbons (Fsp3) is 0.294. The molecule has 1 aliphatic heterocycles. The number of piperazine rings is 1. The second-order valence-electron chi connectivity index (χ2n) is 5.86. The summed E-state index contributed by atoms with van der Waals surface area (Å²) < 4.78 is 32.9. The fourth-order valence-corrected chi connectivity index (χ4v) is 4.95. The Kier molecular flexibility index (Phi) is 6.05. The Morgan fingerprint density at radius 1 is 1.19 bits per heavy atom. The van der Waals surface area contributed by atoms with E-state index >= 15 is 0 Å². The van der Waals surface area contributed by atoms with Crippen LogP contribution in [0.1, 0.15) is 10.4 Å². The minimum atomic E-state index is -3.83. The highest BCUT2D eigenvalue weighted by atomic mass is 79.9. The molecule has 0 saturated carbocycles. The number of rotatable bonds is 4. The SMILES string of the molecule is COC(=O)c1ccc(Cl)c(S(=O)(=O)N2CCN(c3ccc(Br)cn3)CC2)c1. The number of nitrogens with zero attached hydrogens (tertiary/aromatic N) is 3. The molecular formula is C17H17BrClN3O4S. The van der Waals surface area contributed by atoms with Crippen LogP contribution in [0.2, 0.25) is 5.02 Å². The molecule has 2 heterocycles. The second-order valence-corrected chi connectivity index (χ2v) is 9.09. The van der Waals surface area contributed by atoms with Crippen molar-refractivity contribution in [1.82, 2.24) is 9.29 Å². The maximum absolute atomic E-state index is 13.0. The van der Waals surface area contributed by atoms with Gasteiger partial charge in [-0.1, -0.05) is 11.6 Å². The molecule has 0 spiro atoms. The maximum atomic E-state index is 13.0. The number of hydrogen-bond acceptors (Lipinski definition) is 6. The largest absolute Gasteiger partial charge is 0.465 e. The van der Waals surface area contributed by atoms with Gasteiger partial charge in [-0.15, -0.1) is 0 Å². The van der Waals surface area contributed by atoms with Gasteiger partial charge >= 0.3 is 5.97 Å². The molecule has 2 aromatic rings. The number of benzene rings is 1. The Balaban J connectivity index is 1.79. The zero-order chi connectivity index (χ0) is 19.6. The van der Waals surface area contributed by atoms with E-state index in [0.717, 1.165) is 10.3 Å². The Morgan fingerprint density at radius 2 is 1.89 bits per heavy atom. The molecule has 144 valence electrons. The van der Waals surface area contributed by atoms with E-state index in [9.17, 15) is 13.2 Å². The Bertz CT molecular complexity index is 945. The topological polar surface area (TPSA) is 79.8 Å². The van der Waals surface area contributed by atoms with Gasteiger partial charge in [0.05, 0.1) is 17.7 Å². The van der Waals surface area contributed by atoms with E-state index in [-0.39, 0.29) is 15.5 Å². The van der Waals surface area contributed by atoms with Crippen LogP contribution in [0, 0.1) is 0 Å². The first kappa shape index (κ1) is 20.1. The summed E-state index contributed by atoms with van der Waals surface area (Å²) in [6, 6.07) is 7.85. The summed E-state index contributed by atoms with van der Waals surface area (Å²) in [6.07, 6.45) is 1.70. The molecule has 7 nitrogen and oxygen atoms in total. The Labute approximate surface area is 171 Å². The predicted molar refractivity (Wildman–Crippen MR) is 106 cm³/mol. The van der Waals surface area contributed by atoms with Gasteiger partial charge in [-0.3, -0.25) is 0 Å². The van der Waals surface area contributed by atoms with E-state index in [1.807, 2.05) is 17.0 Å². The molecular weight excluding hydrogens is 458 g/mol. The number of anilines is 1. The van der Waals surface area contributed by atoms with Crippen molar-refractivity contribution in [2.45, 2.75) is 4.90 Å². The van der Waals surface area contributed by atoms with E-state index in [1.165, 1.54) is 29.6 Å². The molecule has 27 heavy (non-hydrogen) atoms. The van der Waals surface area contributed by atoms with Crippen LogP contribution in [-0.2, 0) is 14.8 Å². The molecule has 1 aromatic carbocycles. The van der Waals surface area contributed by atoms with Crippen LogP contribution in [0.5, 0.6) is 0 Å². The number of ether oxygens (including phenoxy) is 1. The third-order valence-corrected chi connectivity index (χ3v) is 7.09. The molecule has 3 rings (SSSR count). The van der Waals surface area contributed by atoms with Gasteiger partial charge < -0.3 is 9.64 Å². The van der Waals surface area contributed by atoms with Crippen LogP contribution < -0.4 is 4.90 Å². The van der Waals surface area contributed by atoms with Crippen molar-refractivity contribution in [2.75, 3.05) is 38.2 Å². The average Bonchev–Trinajstić information content (AvgIpc) is 2.68. The van der Waals surface area contributed by atoms with Crippen molar-refractivity contribution in [1.29, 1.82) is 0 Å². The van der Waals surface area contributed by atoms with Crippen molar-refractivity contribution < 1.29 is 17.9 Å². The van der Waals surface area contributed by atoms with Gasteiger partial charge in [0.2, 0.25) is 10.0 Å². The van der Waals surface area contributed by atoms with Gasteiger partial charge in [-0.25, -0.2) is 18.2 Å². The number of halogens is 2. The number of esters is 1. The highest BCUT2D eigenvalue weighted by Gasteiger charge is 2.31. The molecule has 0 N–H and O–H groups in total. The van der Waals surface area contributed by atoms with Gasteiger partial charge in [-0.05, 0) is 46.3 Å².